The Kier molecular flexibility index (Phi) is 25.0. The normalized spacial score (nSPS) is 12.3. The van der Waals surface area contributed by atoms with E-state index >= 15 is 0 Å². The van der Waals surface area contributed by atoms with E-state index in [-0.39, 0.29) is 30.3 Å². The number of hydrogen-bond donors (Lipinski definition) is 6. The van der Waals surface area contributed by atoms with Crippen LogP contribution in [0.2, 0.25) is 0 Å². The molecule has 0 amide bonds. The topological polar surface area (TPSA) is 192 Å². The second kappa shape index (κ2) is 33.7. The van der Waals surface area contributed by atoms with E-state index in [1.54, 1.807) is 0 Å². The zero-order valence-electron chi connectivity index (χ0n) is 75.7. The Hall–Kier alpha value is -11.5. The highest BCUT2D eigenvalue weighted by molar-refractivity contribution is 5.87. The fraction of sp³-hybridized carbons (Fsp3) is 0.346. The Bertz CT molecular complexity index is 5980. The van der Waals surface area contributed by atoms with E-state index in [1.807, 2.05) is 152 Å². The number of ether oxygens (including phenoxy) is 4. The summed E-state index contributed by atoms with van der Waals surface area (Å²) in [6.07, 6.45) is -0.735. The van der Waals surface area contributed by atoms with Crippen molar-refractivity contribution in [2.24, 2.45) is 0 Å². The van der Waals surface area contributed by atoms with E-state index in [2.05, 4.69) is 177 Å². The van der Waals surface area contributed by atoms with Gasteiger partial charge in [-0.3, -0.25) is 0 Å². The monoisotopic (exact) mass is 1600 g/mol. The number of hydrogen-bond acceptors (Lipinski definition) is 12. The predicted octanol–water partition coefficient (Wildman–Crippen LogP) is 26.1. The molecule has 12 aromatic carbocycles. The second-order valence-corrected chi connectivity index (χ2v) is 35.9. The lowest BCUT2D eigenvalue weighted by atomic mass is 9.76. The summed E-state index contributed by atoms with van der Waals surface area (Å²) in [6, 6.07) is 43.7. The van der Waals surface area contributed by atoms with Crippen molar-refractivity contribution in [3.63, 3.8) is 0 Å². The zero-order chi connectivity index (χ0) is 87.9. The van der Waals surface area contributed by atoms with Gasteiger partial charge in [-0.05, 0) is 430 Å². The van der Waals surface area contributed by atoms with Gasteiger partial charge in [0, 0.05) is 23.7 Å². The van der Waals surface area contributed by atoms with E-state index in [9.17, 15) is 40.2 Å². The van der Waals surface area contributed by atoms with Crippen molar-refractivity contribution in [3.05, 3.63) is 322 Å². The Morgan fingerprint density at radius 2 is 0.462 bits per heavy atom. The first-order valence-electron chi connectivity index (χ1n) is 41.4. The molecule has 0 saturated carbocycles. The number of rotatable bonds is 16. The van der Waals surface area contributed by atoms with Crippen LogP contribution in [0.5, 0.6) is 46.0 Å². The quantitative estimate of drug-likeness (QED) is 0.0305. The van der Waals surface area contributed by atoms with Crippen molar-refractivity contribution >= 4 is 33.7 Å². The fourth-order valence-corrected chi connectivity index (χ4v) is 17.8. The minimum Gasteiger partial charge on any atom is -0.507 e. The summed E-state index contributed by atoms with van der Waals surface area (Å²) >= 11 is 0. The van der Waals surface area contributed by atoms with Crippen LogP contribution in [0.1, 0.15) is 265 Å². The lowest BCUT2D eigenvalue weighted by Gasteiger charge is -2.28. The van der Waals surface area contributed by atoms with Crippen LogP contribution in [0.3, 0.4) is 0 Å². The smallest absolute Gasteiger partial charge is 0.507 e. The van der Waals surface area contributed by atoms with Crippen molar-refractivity contribution in [1.29, 1.82) is 0 Å². The molecule has 6 N–H and O–H groups in total. The first kappa shape index (κ1) is 88.3. The number of phenolic OH excluding ortho intramolecular Hbond substituents is 6. The van der Waals surface area contributed by atoms with E-state index < -0.39 is 23.3 Å². The number of fused-ring (bicyclic) bond motifs is 2. The van der Waals surface area contributed by atoms with Gasteiger partial charge in [0.1, 0.15) is 57.2 Å². The van der Waals surface area contributed by atoms with Crippen LogP contribution in [0.4, 0.5) is 4.79 Å². The maximum Gasteiger partial charge on any atom is 0.514 e. The largest absolute Gasteiger partial charge is 0.514 e. The van der Waals surface area contributed by atoms with Crippen molar-refractivity contribution in [1.82, 2.24) is 0 Å². The summed E-state index contributed by atoms with van der Waals surface area (Å²) < 4.78 is 23.0. The summed E-state index contributed by atoms with van der Waals surface area (Å²) in [6.45, 7) is 59.0. The van der Waals surface area contributed by atoms with Crippen molar-refractivity contribution in [2.75, 3.05) is 6.61 Å². The zero-order valence-corrected chi connectivity index (χ0v) is 75.7. The van der Waals surface area contributed by atoms with Gasteiger partial charge in [-0.15, -0.1) is 0 Å². The third-order valence-corrected chi connectivity index (χ3v) is 25.6. The van der Waals surface area contributed by atoms with Crippen LogP contribution in [0.15, 0.2) is 121 Å². The van der Waals surface area contributed by atoms with E-state index in [0.717, 1.165) is 222 Å². The van der Waals surface area contributed by atoms with Gasteiger partial charge in [0.15, 0.2) is 6.61 Å². The number of aryl methyl sites for hydroxylation is 8. The molecule has 119 heavy (non-hydrogen) atoms. The van der Waals surface area contributed by atoms with Gasteiger partial charge >= 0.3 is 12.1 Å². The average molecular weight is 1600 g/mol. The predicted molar refractivity (Wildman–Crippen MR) is 485 cm³/mol. The van der Waals surface area contributed by atoms with Gasteiger partial charge in [0.2, 0.25) is 0 Å². The number of phenols is 6. The van der Waals surface area contributed by atoms with E-state index in [1.165, 1.54) is 0 Å². The fourth-order valence-electron chi connectivity index (χ4n) is 17.8. The van der Waals surface area contributed by atoms with Crippen LogP contribution in [-0.2, 0) is 14.3 Å². The molecule has 0 fully saturated rings. The van der Waals surface area contributed by atoms with Gasteiger partial charge in [0.05, 0.1) is 0 Å². The molecule has 0 saturated heterocycles. The van der Waals surface area contributed by atoms with Crippen LogP contribution >= 0.6 is 0 Å². The molecule has 0 heterocycles. The molecule has 0 aromatic heterocycles. The second-order valence-electron chi connectivity index (χ2n) is 35.9. The summed E-state index contributed by atoms with van der Waals surface area (Å²) in [7, 11) is 0. The Morgan fingerprint density at radius 3 is 0.689 bits per heavy atom. The Labute approximate surface area is 705 Å². The first-order valence-corrected chi connectivity index (χ1v) is 41.4. The minimum absolute atomic E-state index is 0.145. The molecule has 2 atom stereocenters. The first-order chi connectivity index (χ1) is 55.5. The van der Waals surface area contributed by atoms with Gasteiger partial charge in [-0.2, -0.15) is 0 Å². The maximum absolute atomic E-state index is 12.8. The molecule has 2 unspecified atom stereocenters. The molecule has 0 aliphatic heterocycles. The summed E-state index contributed by atoms with van der Waals surface area (Å²) in [4.78, 5) is 25.5. The third kappa shape index (κ3) is 17.3. The molecular weight excluding hydrogens is 1480 g/mol. The highest BCUT2D eigenvalue weighted by Gasteiger charge is 2.33. The number of carbonyl (C=O) groups is 2. The highest BCUT2D eigenvalue weighted by atomic mass is 16.7. The van der Waals surface area contributed by atoms with Crippen LogP contribution in [0.25, 0.3) is 21.5 Å². The Morgan fingerprint density at radius 1 is 0.261 bits per heavy atom. The summed E-state index contributed by atoms with van der Waals surface area (Å²) in [5, 5.41) is 70.0. The third-order valence-electron chi connectivity index (χ3n) is 25.6. The summed E-state index contributed by atoms with van der Waals surface area (Å²) in [5.74, 6) is 2.00. The number of carbonyl (C=O) groups excluding carboxylic acids is 2. The lowest BCUT2D eigenvalue weighted by Crippen LogP contribution is -2.27. The molecule has 12 rings (SSSR count). The molecule has 0 radical (unpaired) electrons. The molecule has 622 valence electrons. The number of benzene rings is 12. The van der Waals surface area contributed by atoms with Crippen molar-refractivity contribution in [3.8, 4) is 46.0 Å². The molecule has 12 heteroatoms. The number of esters is 1. The summed E-state index contributed by atoms with van der Waals surface area (Å²) in [5.41, 5.74) is 34.1. The van der Waals surface area contributed by atoms with Gasteiger partial charge in [-0.25, -0.2) is 9.59 Å². The van der Waals surface area contributed by atoms with Crippen LogP contribution < -0.4 is 9.47 Å². The van der Waals surface area contributed by atoms with Gasteiger partial charge < -0.3 is 49.6 Å². The standard InChI is InChI=1S/C54H62O6.C53H60O6/c1-27-20-43(31(5)35(9)50(27)56)48(44-21-28(2)51(57)36(10)32(44)6)41-18-16-40-25-42(19-17-39(40)24-41)49(45-22-29(3)52(58)37(11)33(45)7)46-23-30(4)53(38(12)34(46)8)59-26-47(55)60-54(13,14)15;1-26-20-42(30(5)34(9)48(26)54)46(43-21-27(2)49(55)35(10)31(43)6)40-18-16-39-25-41(19-17-38(39)24-40)47(44-22-28(3)50(56)36(11)32(44)7)45-23-29(4)51(37(12)33(45)8)58-52(57)59-53(13,14)15/h16-25,48-49,56-58H,26H2,1-15H3;16-25,46-47,54-56H,1-15H3. The SMILES string of the molecule is Cc1cc(C(c2ccc3cc(C(c4cc(C)c(O)c(C)c4C)c4cc(C)c(OC(=O)OC(C)(C)C)c(C)c4C)ccc3c2)c2cc(C)c(O)c(C)c2C)c(C)c(C)c1O.Cc1cc(C(c2ccc3cc(C(c4cc(C)c(O)c(C)c4C)c4cc(C)c(OCC(=O)OC(C)(C)C)c(C)c4C)ccc3c2)c2cc(C)c(O)c(C)c2C)c(C)c(C)c1O. The Balaban J connectivity index is 0.000000233. The lowest BCUT2D eigenvalue weighted by molar-refractivity contribution is -0.157. The molecule has 12 nitrogen and oxygen atoms in total. The molecule has 0 aliphatic carbocycles. The molecule has 0 bridgehead atoms. The minimum atomic E-state index is -0.735. The van der Waals surface area contributed by atoms with E-state index in [0.29, 0.717) is 46.0 Å². The molecular formula is C107H122O12. The van der Waals surface area contributed by atoms with Gasteiger partial charge in [-0.1, -0.05) is 121 Å². The van der Waals surface area contributed by atoms with Crippen LogP contribution in [-0.4, -0.2) is 60.6 Å². The average Bonchev–Trinajstić information content (AvgIpc) is 0.756. The van der Waals surface area contributed by atoms with E-state index in [4.69, 9.17) is 18.9 Å². The highest BCUT2D eigenvalue weighted by Crippen LogP contribution is 2.50. The van der Waals surface area contributed by atoms with Crippen molar-refractivity contribution < 1.29 is 59.2 Å². The molecule has 0 spiro atoms. The van der Waals surface area contributed by atoms with Gasteiger partial charge in [0.25, 0.3) is 0 Å². The van der Waals surface area contributed by atoms with Crippen LogP contribution in [0, 0.1) is 166 Å². The maximum atomic E-state index is 12.8. The number of aromatic hydroxyl groups is 6. The molecule has 12 aromatic rings. The van der Waals surface area contributed by atoms with Crippen molar-refractivity contribution in [2.45, 2.75) is 243 Å². The molecule has 0 aliphatic rings.